The molecule has 1 aromatic rings. The molecule has 0 fully saturated rings. The van der Waals surface area contributed by atoms with E-state index in [1.54, 1.807) is 11.3 Å². The number of carbonyl (C=O) groups is 1. The Kier molecular flexibility index (Phi) is 5.08. The minimum absolute atomic E-state index is 0.250. The molecule has 0 aliphatic carbocycles. The molecule has 0 saturated carbocycles. The Hall–Kier alpha value is -1.73. The van der Waals surface area contributed by atoms with Gasteiger partial charge in [0.15, 0.2) is 0 Å². The number of aliphatic imine (C=N–C) groups is 1. The molecular formula is C14H20N4O2S. The van der Waals surface area contributed by atoms with Gasteiger partial charge in [-0.1, -0.05) is 0 Å². The van der Waals surface area contributed by atoms with Gasteiger partial charge in [0.25, 0.3) is 6.47 Å². The molecule has 114 valence electrons. The molecule has 0 radical (unpaired) electrons. The Morgan fingerprint density at radius 2 is 2.14 bits per heavy atom. The Morgan fingerprint density at radius 3 is 2.86 bits per heavy atom. The molecular weight excluding hydrogens is 288 g/mol. The molecule has 0 unspecified atom stereocenters. The van der Waals surface area contributed by atoms with Gasteiger partial charge in [0.2, 0.25) is 0 Å². The van der Waals surface area contributed by atoms with Crippen LogP contribution in [0.15, 0.2) is 16.3 Å². The lowest BCUT2D eigenvalue weighted by atomic mass is 9.97. The van der Waals surface area contributed by atoms with Crippen LogP contribution in [0.4, 0.5) is 0 Å². The molecule has 6 nitrogen and oxygen atoms in total. The molecule has 0 bridgehead atoms. The Labute approximate surface area is 128 Å². The minimum atomic E-state index is -0.250. The predicted molar refractivity (Wildman–Crippen MR) is 84.0 cm³/mol. The predicted octanol–water partition coefficient (Wildman–Crippen LogP) is 1.05. The Bertz CT molecular complexity index is 592. The van der Waals surface area contributed by atoms with Crippen molar-refractivity contribution < 1.29 is 9.90 Å². The van der Waals surface area contributed by atoms with Crippen LogP contribution in [0.25, 0.3) is 0 Å². The zero-order valence-corrected chi connectivity index (χ0v) is 13.1. The first-order chi connectivity index (χ1) is 10.1. The van der Waals surface area contributed by atoms with Crippen molar-refractivity contribution in [1.82, 2.24) is 9.88 Å². The fraction of sp³-hybridized carbons (Fsp3) is 0.500. The highest BCUT2D eigenvalue weighted by Crippen LogP contribution is 2.27. The molecule has 1 aromatic heterocycles. The molecule has 3 N–H and O–H groups in total. The molecule has 0 spiro atoms. The summed E-state index contributed by atoms with van der Waals surface area (Å²) in [7, 11) is 2.13. The van der Waals surface area contributed by atoms with E-state index in [0.717, 1.165) is 54.6 Å². The van der Waals surface area contributed by atoms with Crippen molar-refractivity contribution >= 4 is 23.5 Å². The summed E-state index contributed by atoms with van der Waals surface area (Å²) in [6.45, 7) is 4.60. The van der Waals surface area contributed by atoms with Crippen molar-refractivity contribution in [3.05, 3.63) is 26.8 Å². The van der Waals surface area contributed by atoms with Crippen LogP contribution >= 0.6 is 11.3 Å². The maximum Gasteiger partial charge on any atom is 0.290 e. The van der Waals surface area contributed by atoms with Crippen LogP contribution in [0.1, 0.15) is 22.0 Å². The summed E-state index contributed by atoms with van der Waals surface area (Å²) in [6, 6.07) is 0. The van der Waals surface area contributed by atoms with Crippen LogP contribution in [0, 0.1) is 6.92 Å². The molecule has 2 aliphatic rings. The zero-order valence-electron chi connectivity index (χ0n) is 12.3. The number of thiazole rings is 1. The van der Waals surface area contributed by atoms with Gasteiger partial charge in [-0.2, -0.15) is 0 Å². The lowest BCUT2D eigenvalue weighted by Crippen LogP contribution is -2.34. The summed E-state index contributed by atoms with van der Waals surface area (Å²) in [4.78, 5) is 21.4. The number of aromatic nitrogens is 1. The highest BCUT2D eigenvalue weighted by Gasteiger charge is 2.25. The Balaban J connectivity index is 0.000000497. The largest absolute Gasteiger partial charge is 0.483 e. The third-order valence-electron chi connectivity index (χ3n) is 3.50. The number of nitrogens with two attached hydrogens (primary N) is 1. The van der Waals surface area contributed by atoms with Gasteiger partial charge in [-0.25, -0.2) is 4.98 Å². The second-order valence-electron chi connectivity index (χ2n) is 5.08. The molecule has 3 rings (SSSR count). The molecule has 3 heterocycles. The maximum atomic E-state index is 8.36. The second-order valence-corrected chi connectivity index (χ2v) is 6.37. The number of carboxylic acid groups (broad SMARTS) is 1. The normalized spacial score (nSPS) is 18.5. The quantitative estimate of drug-likeness (QED) is 0.757. The lowest BCUT2D eigenvalue weighted by Gasteiger charge is -2.27. The smallest absolute Gasteiger partial charge is 0.290 e. The van der Waals surface area contributed by atoms with Gasteiger partial charge in [-0.05, 0) is 14.0 Å². The third kappa shape index (κ3) is 3.48. The van der Waals surface area contributed by atoms with Crippen molar-refractivity contribution in [1.29, 1.82) is 0 Å². The van der Waals surface area contributed by atoms with Crippen LogP contribution in [0.5, 0.6) is 0 Å². The van der Waals surface area contributed by atoms with Gasteiger partial charge >= 0.3 is 0 Å². The van der Waals surface area contributed by atoms with Crippen LogP contribution in [0.2, 0.25) is 0 Å². The highest BCUT2D eigenvalue weighted by molar-refractivity contribution is 7.11. The van der Waals surface area contributed by atoms with Crippen molar-refractivity contribution in [2.24, 2.45) is 10.7 Å². The van der Waals surface area contributed by atoms with E-state index in [1.807, 2.05) is 0 Å². The molecule has 0 amide bonds. The number of hydrogen-bond donors (Lipinski definition) is 2. The first-order valence-corrected chi connectivity index (χ1v) is 7.63. The molecule has 2 aliphatic heterocycles. The maximum absolute atomic E-state index is 8.36. The monoisotopic (exact) mass is 308 g/mol. The van der Waals surface area contributed by atoms with Crippen LogP contribution in [0.3, 0.4) is 0 Å². The highest BCUT2D eigenvalue weighted by atomic mass is 32.1. The number of fused-ring (bicyclic) bond motifs is 1. The molecule has 0 atom stereocenters. The summed E-state index contributed by atoms with van der Waals surface area (Å²) in [5, 5.41) is 8.01. The van der Waals surface area contributed by atoms with Gasteiger partial charge in [0.1, 0.15) is 5.69 Å². The Morgan fingerprint density at radius 1 is 1.43 bits per heavy atom. The average Bonchev–Trinajstić information content (AvgIpc) is 2.82. The number of likely N-dealkylation sites (N-methyl/N-ethyl adjacent to an activating group) is 1. The first kappa shape index (κ1) is 15.7. The first-order valence-electron chi connectivity index (χ1n) is 6.82. The van der Waals surface area contributed by atoms with Crippen LogP contribution in [-0.4, -0.2) is 53.9 Å². The van der Waals surface area contributed by atoms with Crippen LogP contribution < -0.4 is 5.73 Å². The summed E-state index contributed by atoms with van der Waals surface area (Å²) in [5.74, 6) is 0. The van der Waals surface area contributed by atoms with E-state index in [0.29, 0.717) is 0 Å². The van der Waals surface area contributed by atoms with Crippen molar-refractivity contribution in [3.63, 3.8) is 0 Å². The molecule has 0 saturated heterocycles. The SMILES string of the molecule is Cc1nc2c(s1)CCN=C2C1=C(N)CCN(C)C1.O=CO. The van der Waals surface area contributed by atoms with E-state index in [1.165, 1.54) is 10.5 Å². The summed E-state index contributed by atoms with van der Waals surface area (Å²) in [5.41, 5.74) is 10.5. The number of rotatable bonds is 1. The second kappa shape index (κ2) is 6.82. The summed E-state index contributed by atoms with van der Waals surface area (Å²) in [6.07, 6.45) is 1.96. The van der Waals surface area contributed by atoms with E-state index >= 15 is 0 Å². The average molecular weight is 308 g/mol. The fourth-order valence-corrected chi connectivity index (χ4v) is 3.47. The topological polar surface area (TPSA) is 91.8 Å². The van der Waals surface area contributed by atoms with Crippen molar-refractivity contribution in [2.45, 2.75) is 19.8 Å². The van der Waals surface area contributed by atoms with Gasteiger partial charge in [0, 0.05) is 48.6 Å². The number of aryl methyl sites for hydroxylation is 1. The lowest BCUT2D eigenvalue weighted by molar-refractivity contribution is -0.122. The van der Waals surface area contributed by atoms with Crippen LogP contribution in [-0.2, 0) is 11.2 Å². The molecule has 21 heavy (non-hydrogen) atoms. The summed E-state index contributed by atoms with van der Waals surface area (Å²) < 4.78 is 0. The van der Waals surface area contributed by atoms with E-state index < -0.39 is 0 Å². The zero-order chi connectivity index (χ0) is 15.4. The van der Waals surface area contributed by atoms with Crippen molar-refractivity contribution in [3.8, 4) is 0 Å². The van der Waals surface area contributed by atoms with Gasteiger partial charge < -0.3 is 15.7 Å². The number of nitrogens with zero attached hydrogens (tertiary/aromatic N) is 3. The van der Waals surface area contributed by atoms with Gasteiger partial charge in [-0.3, -0.25) is 9.79 Å². The van der Waals surface area contributed by atoms with E-state index in [-0.39, 0.29) is 6.47 Å². The summed E-state index contributed by atoms with van der Waals surface area (Å²) >= 11 is 1.79. The molecule has 7 heteroatoms. The van der Waals surface area contributed by atoms with Gasteiger partial charge in [-0.15, -0.1) is 11.3 Å². The third-order valence-corrected chi connectivity index (χ3v) is 4.53. The standard InChI is InChI=1S/C13H18N4S.CH2O2/c1-8-16-13-11(18-8)3-5-15-12(13)9-7-17(2)6-4-10(9)14;2-1-3/h3-7,14H2,1-2H3;1H,(H,2,3). The molecule has 0 aromatic carbocycles. The van der Waals surface area contributed by atoms with E-state index in [9.17, 15) is 0 Å². The van der Waals surface area contributed by atoms with E-state index in [2.05, 4.69) is 28.8 Å². The van der Waals surface area contributed by atoms with Crippen molar-refractivity contribution in [2.75, 3.05) is 26.7 Å². The van der Waals surface area contributed by atoms with E-state index in [4.69, 9.17) is 15.6 Å². The van der Waals surface area contributed by atoms with Gasteiger partial charge in [0.05, 0.1) is 10.7 Å². The number of hydrogen-bond acceptors (Lipinski definition) is 6. The fourth-order valence-electron chi connectivity index (χ4n) is 2.55. The minimum Gasteiger partial charge on any atom is -0.483 e.